The average molecular weight is 1140 g/mol. The maximum atomic E-state index is 12.9. The number of ether oxygens (including phenoxy) is 3. The Bertz CT molecular complexity index is 1350. The van der Waals surface area contributed by atoms with Gasteiger partial charge in [0.05, 0.1) is 0 Å². The van der Waals surface area contributed by atoms with E-state index in [0.29, 0.717) is 19.3 Å². The van der Waals surface area contributed by atoms with Gasteiger partial charge in [0.2, 0.25) is 0 Å². The molecular weight excluding hydrogens is 997 g/mol. The van der Waals surface area contributed by atoms with Crippen molar-refractivity contribution < 1.29 is 28.6 Å². The van der Waals surface area contributed by atoms with Crippen molar-refractivity contribution in [3.05, 3.63) is 36.5 Å². The molecule has 0 aliphatic carbocycles. The molecule has 0 spiro atoms. The van der Waals surface area contributed by atoms with Crippen molar-refractivity contribution in [1.82, 2.24) is 0 Å². The molecule has 0 rings (SSSR count). The SMILES string of the molecule is CCCCCCC/C=C\C/C=C\CCCCCCCCCCCCCCCCCCCC(=O)OCC(COC(=O)CCCCCCCCCCC)OC(=O)CCCCCCCCCCCCCCC/C=C\CCCCCCCCCC. The maximum Gasteiger partial charge on any atom is 0.306 e. The topological polar surface area (TPSA) is 78.9 Å². The van der Waals surface area contributed by atoms with Gasteiger partial charge in [-0.25, -0.2) is 0 Å². The van der Waals surface area contributed by atoms with Gasteiger partial charge in [-0.05, 0) is 77.0 Å². The molecule has 0 amide bonds. The van der Waals surface area contributed by atoms with Gasteiger partial charge in [-0.3, -0.25) is 14.4 Å². The van der Waals surface area contributed by atoms with Crippen molar-refractivity contribution in [2.45, 2.75) is 412 Å². The van der Waals surface area contributed by atoms with Gasteiger partial charge in [0.1, 0.15) is 13.2 Å². The molecule has 81 heavy (non-hydrogen) atoms. The second kappa shape index (κ2) is 70.1. The van der Waals surface area contributed by atoms with Crippen LogP contribution in [0.1, 0.15) is 406 Å². The summed E-state index contributed by atoms with van der Waals surface area (Å²) >= 11 is 0. The lowest BCUT2D eigenvalue weighted by Crippen LogP contribution is -2.30. The maximum absolute atomic E-state index is 12.9. The monoisotopic (exact) mass is 1140 g/mol. The summed E-state index contributed by atoms with van der Waals surface area (Å²) in [5.74, 6) is -0.840. The minimum absolute atomic E-state index is 0.0662. The van der Waals surface area contributed by atoms with E-state index in [9.17, 15) is 14.4 Å². The molecule has 0 aromatic heterocycles. The highest BCUT2D eigenvalue weighted by molar-refractivity contribution is 5.71. The van der Waals surface area contributed by atoms with Gasteiger partial charge >= 0.3 is 17.9 Å². The Morgan fingerprint density at radius 2 is 0.444 bits per heavy atom. The van der Waals surface area contributed by atoms with E-state index >= 15 is 0 Å². The first-order chi connectivity index (χ1) is 40.0. The Labute approximate surface area is 506 Å². The first-order valence-corrected chi connectivity index (χ1v) is 36.5. The molecule has 0 aliphatic rings. The molecule has 0 aromatic rings. The fourth-order valence-corrected chi connectivity index (χ4v) is 11.1. The molecule has 1 atom stereocenters. The molecule has 0 heterocycles. The summed E-state index contributed by atoms with van der Waals surface area (Å²) in [4.78, 5) is 38.3. The zero-order chi connectivity index (χ0) is 58.5. The number of hydrogen-bond acceptors (Lipinski definition) is 6. The lowest BCUT2D eigenvalue weighted by atomic mass is 10.0. The first-order valence-electron chi connectivity index (χ1n) is 36.5. The number of rotatable bonds is 68. The Morgan fingerprint density at radius 3 is 0.691 bits per heavy atom. The van der Waals surface area contributed by atoms with Gasteiger partial charge in [0.25, 0.3) is 0 Å². The van der Waals surface area contributed by atoms with Crippen LogP contribution >= 0.6 is 0 Å². The van der Waals surface area contributed by atoms with Gasteiger partial charge in [0, 0.05) is 19.3 Å². The van der Waals surface area contributed by atoms with Gasteiger partial charge in [0.15, 0.2) is 6.10 Å². The van der Waals surface area contributed by atoms with E-state index in [-0.39, 0.29) is 31.1 Å². The van der Waals surface area contributed by atoms with Crippen LogP contribution in [0.4, 0.5) is 0 Å². The molecule has 6 nitrogen and oxygen atoms in total. The lowest BCUT2D eigenvalue weighted by Gasteiger charge is -2.18. The molecule has 0 fully saturated rings. The Morgan fingerprint density at radius 1 is 0.247 bits per heavy atom. The summed E-state index contributed by atoms with van der Waals surface area (Å²) in [6.45, 7) is 6.68. The second-order valence-corrected chi connectivity index (χ2v) is 24.9. The second-order valence-electron chi connectivity index (χ2n) is 24.9. The third kappa shape index (κ3) is 68.3. The highest BCUT2D eigenvalue weighted by Crippen LogP contribution is 2.19. The van der Waals surface area contributed by atoms with Gasteiger partial charge < -0.3 is 14.2 Å². The molecule has 0 saturated carbocycles. The average Bonchev–Trinajstić information content (AvgIpc) is 3.47. The van der Waals surface area contributed by atoms with E-state index in [1.807, 2.05) is 0 Å². The molecule has 0 bridgehead atoms. The molecule has 0 aliphatic heterocycles. The van der Waals surface area contributed by atoms with Crippen LogP contribution in [0.15, 0.2) is 36.5 Å². The molecule has 0 N–H and O–H groups in total. The number of allylic oxidation sites excluding steroid dienone is 6. The summed E-state index contributed by atoms with van der Waals surface area (Å²) in [5, 5.41) is 0. The van der Waals surface area contributed by atoms with Crippen molar-refractivity contribution in [2.75, 3.05) is 13.2 Å². The third-order valence-corrected chi connectivity index (χ3v) is 16.6. The smallest absolute Gasteiger partial charge is 0.306 e. The van der Waals surface area contributed by atoms with Crippen molar-refractivity contribution >= 4 is 17.9 Å². The number of hydrogen-bond donors (Lipinski definition) is 0. The summed E-state index contributed by atoms with van der Waals surface area (Å²) in [6.07, 6.45) is 87.7. The van der Waals surface area contributed by atoms with Crippen LogP contribution in [0.3, 0.4) is 0 Å². The summed E-state index contributed by atoms with van der Waals surface area (Å²) in [7, 11) is 0. The number of unbranched alkanes of at least 4 members (excludes halogenated alkanes) is 51. The largest absolute Gasteiger partial charge is 0.462 e. The van der Waals surface area contributed by atoms with Crippen LogP contribution in [0.2, 0.25) is 0 Å². The molecule has 0 aromatic carbocycles. The van der Waals surface area contributed by atoms with E-state index in [1.54, 1.807) is 0 Å². The number of carbonyl (C=O) groups excluding carboxylic acids is 3. The number of esters is 3. The molecule has 1 unspecified atom stereocenters. The summed E-state index contributed by atoms with van der Waals surface area (Å²) in [5.41, 5.74) is 0. The zero-order valence-corrected chi connectivity index (χ0v) is 54.8. The fraction of sp³-hybridized carbons (Fsp3) is 0.880. The van der Waals surface area contributed by atoms with E-state index in [1.165, 1.54) is 302 Å². The van der Waals surface area contributed by atoms with Crippen molar-refractivity contribution in [3.8, 4) is 0 Å². The van der Waals surface area contributed by atoms with Crippen LogP contribution in [0, 0.1) is 0 Å². The van der Waals surface area contributed by atoms with Gasteiger partial charge in [-0.1, -0.05) is 346 Å². The molecular formula is C75H140O6. The first kappa shape index (κ1) is 78.6. The Balaban J connectivity index is 4.08. The van der Waals surface area contributed by atoms with E-state index < -0.39 is 6.10 Å². The van der Waals surface area contributed by atoms with Crippen LogP contribution in [0.25, 0.3) is 0 Å². The van der Waals surface area contributed by atoms with Crippen LogP contribution in [-0.4, -0.2) is 37.2 Å². The van der Waals surface area contributed by atoms with Gasteiger partial charge in [-0.15, -0.1) is 0 Å². The van der Waals surface area contributed by atoms with E-state index in [2.05, 4.69) is 57.2 Å². The fourth-order valence-electron chi connectivity index (χ4n) is 11.1. The molecule has 0 saturated heterocycles. The van der Waals surface area contributed by atoms with E-state index in [0.717, 1.165) is 64.2 Å². The zero-order valence-electron chi connectivity index (χ0n) is 54.8. The van der Waals surface area contributed by atoms with Crippen LogP contribution < -0.4 is 0 Å². The standard InChI is InChI=1S/C75H140O6/c1-4-7-10-13-16-19-21-23-25-27-29-31-33-35-36-37-38-40-41-43-45-47-49-51-53-56-59-62-65-68-74(77)80-71-72(70-79-73(76)67-64-61-58-55-18-15-12-9-6-3)81-75(78)69-66-63-60-57-54-52-50-48-46-44-42-39-34-32-30-28-26-24-22-20-17-14-11-8-5-2/h21,23,27-30,72H,4-20,22,24-26,31-71H2,1-3H3/b23-21-,29-27-,30-28-. The Hall–Kier alpha value is -2.37. The highest BCUT2D eigenvalue weighted by atomic mass is 16.6. The predicted octanol–water partition coefficient (Wildman–Crippen LogP) is 25.1. The van der Waals surface area contributed by atoms with Gasteiger partial charge in [-0.2, -0.15) is 0 Å². The van der Waals surface area contributed by atoms with E-state index in [4.69, 9.17) is 14.2 Å². The van der Waals surface area contributed by atoms with Crippen molar-refractivity contribution in [2.24, 2.45) is 0 Å². The minimum Gasteiger partial charge on any atom is -0.462 e. The predicted molar refractivity (Wildman–Crippen MR) is 353 cm³/mol. The van der Waals surface area contributed by atoms with Crippen molar-refractivity contribution in [3.63, 3.8) is 0 Å². The molecule has 0 radical (unpaired) electrons. The lowest BCUT2D eigenvalue weighted by molar-refractivity contribution is -0.167. The Kier molecular flexibility index (Phi) is 68.1. The summed E-state index contributed by atoms with van der Waals surface area (Å²) in [6, 6.07) is 0. The minimum atomic E-state index is -0.768. The highest BCUT2D eigenvalue weighted by Gasteiger charge is 2.19. The summed E-state index contributed by atoms with van der Waals surface area (Å²) < 4.78 is 17.0. The van der Waals surface area contributed by atoms with Crippen LogP contribution in [-0.2, 0) is 28.6 Å². The quantitative estimate of drug-likeness (QED) is 0.0261. The molecule has 476 valence electrons. The molecule has 6 heteroatoms. The normalized spacial score (nSPS) is 12.2. The van der Waals surface area contributed by atoms with Crippen molar-refractivity contribution in [1.29, 1.82) is 0 Å². The third-order valence-electron chi connectivity index (χ3n) is 16.6. The number of carbonyl (C=O) groups is 3. The van der Waals surface area contributed by atoms with Crippen LogP contribution in [0.5, 0.6) is 0 Å².